The summed E-state index contributed by atoms with van der Waals surface area (Å²) in [5.74, 6) is 0. The van der Waals surface area contributed by atoms with Crippen molar-refractivity contribution in [2.24, 2.45) is 0 Å². The first kappa shape index (κ1) is 10.7. The number of nitrogens with zero attached hydrogens (tertiary/aromatic N) is 1. The normalized spacial score (nSPS) is 10.1. The van der Waals surface area contributed by atoms with Crippen LogP contribution in [0.15, 0.2) is 18.3 Å². The van der Waals surface area contributed by atoms with Crippen LogP contribution in [0.1, 0.15) is 18.2 Å². The van der Waals surface area contributed by atoms with Crippen LogP contribution >= 0.6 is 0 Å². The molecule has 0 bridgehead atoms. The highest BCUT2D eigenvalue weighted by Gasteiger charge is 2.08. The monoisotopic (exact) mass is 194 g/mol. The fourth-order valence-electron chi connectivity index (χ4n) is 1.17. The molecule has 0 aromatic carbocycles. The Bertz CT molecular complexity index is 337. The van der Waals surface area contributed by atoms with Gasteiger partial charge in [0, 0.05) is 17.3 Å². The van der Waals surface area contributed by atoms with E-state index in [-0.39, 0.29) is 18.7 Å². The van der Waals surface area contributed by atoms with Gasteiger partial charge in [0.15, 0.2) is 11.9 Å². The van der Waals surface area contributed by atoms with E-state index in [2.05, 4.69) is 0 Å². The third kappa shape index (κ3) is 2.53. The van der Waals surface area contributed by atoms with E-state index >= 15 is 0 Å². The van der Waals surface area contributed by atoms with E-state index < -0.39 is 0 Å². The van der Waals surface area contributed by atoms with E-state index in [0.717, 1.165) is 16.7 Å². The standard InChI is InChI=1S/C10H14N2O2/c1-2-8-3-4-10(12(14)6-8)5-9(11)7-13/h3-4,6,11,13H,2,5,7H2,1H3. The Morgan fingerprint density at radius 1 is 1.57 bits per heavy atom. The van der Waals surface area contributed by atoms with Crippen LogP contribution in [0.3, 0.4) is 0 Å². The van der Waals surface area contributed by atoms with Crippen molar-refractivity contribution in [1.29, 1.82) is 5.41 Å². The van der Waals surface area contributed by atoms with Crippen LogP contribution in [-0.2, 0) is 12.8 Å². The molecule has 4 nitrogen and oxygen atoms in total. The Hall–Kier alpha value is -1.42. The van der Waals surface area contributed by atoms with E-state index in [1.807, 2.05) is 13.0 Å². The molecule has 1 aromatic heterocycles. The van der Waals surface area contributed by atoms with Gasteiger partial charge in [-0.3, -0.25) is 0 Å². The summed E-state index contributed by atoms with van der Waals surface area (Å²) in [7, 11) is 0. The maximum Gasteiger partial charge on any atom is 0.198 e. The number of hydrogen-bond donors (Lipinski definition) is 2. The Balaban J connectivity index is 2.83. The van der Waals surface area contributed by atoms with Crippen molar-refractivity contribution in [2.75, 3.05) is 6.61 Å². The van der Waals surface area contributed by atoms with Gasteiger partial charge < -0.3 is 15.7 Å². The van der Waals surface area contributed by atoms with E-state index in [1.165, 1.54) is 6.20 Å². The maximum absolute atomic E-state index is 11.4. The van der Waals surface area contributed by atoms with Gasteiger partial charge in [0.05, 0.1) is 13.0 Å². The van der Waals surface area contributed by atoms with Crippen LogP contribution in [0.5, 0.6) is 0 Å². The van der Waals surface area contributed by atoms with Crippen LogP contribution < -0.4 is 4.73 Å². The molecule has 1 aromatic rings. The molecule has 0 atom stereocenters. The summed E-state index contributed by atoms with van der Waals surface area (Å²) in [4.78, 5) is 0. The van der Waals surface area contributed by atoms with Crippen molar-refractivity contribution >= 4 is 5.71 Å². The second-order valence-electron chi connectivity index (χ2n) is 3.15. The molecule has 0 aliphatic carbocycles. The van der Waals surface area contributed by atoms with Gasteiger partial charge in [-0.25, -0.2) is 0 Å². The third-order valence-corrected chi connectivity index (χ3v) is 2.05. The Kier molecular flexibility index (Phi) is 3.59. The maximum atomic E-state index is 11.4. The SMILES string of the molecule is CCc1ccc(CC(=N)CO)[n+]([O-])c1. The van der Waals surface area contributed by atoms with Crippen molar-refractivity contribution in [1.82, 2.24) is 0 Å². The molecule has 4 heteroatoms. The molecule has 0 aliphatic heterocycles. The summed E-state index contributed by atoms with van der Waals surface area (Å²) in [6.07, 6.45) is 2.55. The fraction of sp³-hybridized carbons (Fsp3) is 0.400. The van der Waals surface area contributed by atoms with Crippen LogP contribution in [-0.4, -0.2) is 17.4 Å². The lowest BCUT2D eigenvalue weighted by atomic mass is 10.1. The zero-order valence-corrected chi connectivity index (χ0v) is 8.16. The Morgan fingerprint density at radius 2 is 2.29 bits per heavy atom. The van der Waals surface area contributed by atoms with Crippen molar-refractivity contribution in [3.05, 3.63) is 34.8 Å². The summed E-state index contributed by atoms with van der Waals surface area (Å²) in [5.41, 5.74) is 1.62. The average Bonchev–Trinajstić information content (AvgIpc) is 2.20. The first-order chi connectivity index (χ1) is 6.67. The quantitative estimate of drug-likeness (QED) is 0.414. The van der Waals surface area contributed by atoms with Crippen LogP contribution in [0, 0.1) is 10.6 Å². The van der Waals surface area contributed by atoms with Crippen molar-refractivity contribution < 1.29 is 9.84 Å². The zero-order chi connectivity index (χ0) is 10.6. The Morgan fingerprint density at radius 3 is 2.79 bits per heavy atom. The average molecular weight is 194 g/mol. The molecule has 0 amide bonds. The van der Waals surface area contributed by atoms with E-state index in [1.54, 1.807) is 6.07 Å². The summed E-state index contributed by atoms with van der Waals surface area (Å²) >= 11 is 0. The molecular formula is C10H14N2O2. The molecule has 14 heavy (non-hydrogen) atoms. The lowest BCUT2D eigenvalue weighted by Crippen LogP contribution is -2.33. The smallest absolute Gasteiger partial charge is 0.198 e. The van der Waals surface area contributed by atoms with E-state index in [0.29, 0.717) is 5.69 Å². The fourth-order valence-corrected chi connectivity index (χ4v) is 1.17. The molecule has 0 saturated carbocycles. The summed E-state index contributed by atoms with van der Waals surface area (Å²) in [6, 6.07) is 3.57. The third-order valence-electron chi connectivity index (χ3n) is 2.05. The lowest BCUT2D eigenvalue weighted by Gasteiger charge is -2.05. The second-order valence-corrected chi connectivity index (χ2v) is 3.15. The Labute approximate surface area is 82.9 Å². The van der Waals surface area contributed by atoms with Gasteiger partial charge in [0.2, 0.25) is 0 Å². The van der Waals surface area contributed by atoms with Crippen molar-refractivity contribution in [3.8, 4) is 0 Å². The highest BCUT2D eigenvalue weighted by Crippen LogP contribution is 2.00. The highest BCUT2D eigenvalue weighted by molar-refractivity contribution is 5.83. The molecule has 76 valence electrons. The number of aliphatic hydroxyl groups is 1. The first-order valence-corrected chi connectivity index (χ1v) is 4.55. The van der Waals surface area contributed by atoms with Crippen LogP contribution in [0.2, 0.25) is 0 Å². The summed E-state index contributed by atoms with van der Waals surface area (Å²) < 4.78 is 0.767. The number of nitrogens with one attached hydrogen (secondary N) is 1. The molecule has 0 aliphatic rings. The van der Waals surface area contributed by atoms with Gasteiger partial charge in [-0.2, -0.15) is 4.73 Å². The van der Waals surface area contributed by atoms with E-state index in [4.69, 9.17) is 10.5 Å². The van der Waals surface area contributed by atoms with Gasteiger partial charge in [-0.1, -0.05) is 6.92 Å². The molecule has 0 fully saturated rings. The van der Waals surface area contributed by atoms with Crippen molar-refractivity contribution in [2.45, 2.75) is 19.8 Å². The predicted molar refractivity (Wildman–Crippen MR) is 53.3 cm³/mol. The van der Waals surface area contributed by atoms with E-state index in [9.17, 15) is 5.21 Å². The van der Waals surface area contributed by atoms with Crippen LogP contribution in [0.25, 0.3) is 0 Å². The number of aliphatic hydroxyl groups excluding tert-OH is 1. The minimum Gasteiger partial charge on any atom is -0.618 e. The minimum atomic E-state index is -0.296. The zero-order valence-electron chi connectivity index (χ0n) is 8.16. The van der Waals surface area contributed by atoms with Gasteiger partial charge in [0.25, 0.3) is 0 Å². The van der Waals surface area contributed by atoms with Gasteiger partial charge >= 0.3 is 0 Å². The second kappa shape index (κ2) is 4.72. The largest absolute Gasteiger partial charge is 0.618 e. The number of pyridine rings is 1. The predicted octanol–water partition coefficient (Wildman–Crippen LogP) is 0.437. The topological polar surface area (TPSA) is 71.0 Å². The molecule has 0 radical (unpaired) electrons. The summed E-state index contributed by atoms with van der Waals surface area (Å²) in [6.45, 7) is 1.68. The van der Waals surface area contributed by atoms with Crippen molar-refractivity contribution in [3.63, 3.8) is 0 Å². The molecule has 1 rings (SSSR count). The van der Waals surface area contributed by atoms with Gasteiger partial charge in [-0.15, -0.1) is 0 Å². The van der Waals surface area contributed by atoms with Gasteiger partial charge in [-0.05, 0) is 12.5 Å². The molecule has 0 spiro atoms. The number of aromatic nitrogens is 1. The summed E-state index contributed by atoms with van der Waals surface area (Å²) in [5, 5.41) is 27.3. The number of hydrogen-bond acceptors (Lipinski definition) is 3. The molecule has 2 N–H and O–H groups in total. The molecular weight excluding hydrogens is 180 g/mol. The lowest BCUT2D eigenvalue weighted by molar-refractivity contribution is -0.613. The molecule has 0 saturated heterocycles. The first-order valence-electron chi connectivity index (χ1n) is 4.55. The minimum absolute atomic E-state index is 0.152. The van der Waals surface area contributed by atoms with Crippen LogP contribution in [0.4, 0.5) is 0 Å². The molecule has 0 unspecified atom stereocenters. The molecule has 1 heterocycles. The highest BCUT2D eigenvalue weighted by atomic mass is 16.5. The number of rotatable bonds is 4. The number of aryl methyl sites for hydroxylation is 1. The van der Waals surface area contributed by atoms with Gasteiger partial charge in [0.1, 0.15) is 0 Å².